The molecule has 0 aliphatic heterocycles. The van der Waals surface area contributed by atoms with E-state index in [1.54, 1.807) is 0 Å². The van der Waals surface area contributed by atoms with E-state index in [9.17, 15) is 13.6 Å². The number of unbranched alkanes of at least 4 members (excludes halogenated alkanes) is 8. The van der Waals surface area contributed by atoms with Gasteiger partial charge in [0, 0.05) is 6.54 Å². The second-order valence-corrected chi connectivity index (χ2v) is 5.71. The van der Waals surface area contributed by atoms with Gasteiger partial charge >= 0.3 is 0 Å². The molecule has 0 aliphatic rings. The lowest BCUT2D eigenvalue weighted by Crippen LogP contribution is -2.25. The van der Waals surface area contributed by atoms with Crippen molar-refractivity contribution in [1.29, 1.82) is 0 Å². The molecule has 22 heavy (non-hydrogen) atoms. The van der Waals surface area contributed by atoms with Crippen LogP contribution in [0.4, 0.5) is 8.78 Å². The molecule has 0 radical (unpaired) electrons. The summed E-state index contributed by atoms with van der Waals surface area (Å²) in [4.78, 5) is 11.7. The molecule has 0 aromatic heterocycles. The first-order valence-corrected chi connectivity index (χ1v) is 8.38. The summed E-state index contributed by atoms with van der Waals surface area (Å²) in [6, 6.07) is 2.91. The van der Waals surface area contributed by atoms with Crippen molar-refractivity contribution >= 4 is 5.91 Å². The van der Waals surface area contributed by atoms with Gasteiger partial charge < -0.3 is 5.32 Å². The fraction of sp³-hybridized carbons (Fsp3) is 0.611. The predicted octanol–water partition coefficient (Wildman–Crippen LogP) is 5.23. The van der Waals surface area contributed by atoms with Gasteiger partial charge in [0.1, 0.15) is 11.6 Å². The number of amides is 1. The van der Waals surface area contributed by atoms with E-state index in [0.29, 0.717) is 6.54 Å². The summed E-state index contributed by atoms with van der Waals surface area (Å²) >= 11 is 0. The number of halogens is 2. The summed E-state index contributed by atoms with van der Waals surface area (Å²) in [7, 11) is 0. The minimum atomic E-state index is -0.689. The van der Waals surface area contributed by atoms with Gasteiger partial charge in [-0.2, -0.15) is 0 Å². The van der Waals surface area contributed by atoms with Gasteiger partial charge in [-0.3, -0.25) is 4.79 Å². The quantitative estimate of drug-likeness (QED) is 0.557. The molecule has 1 N–H and O–H groups in total. The highest BCUT2D eigenvalue weighted by atomic mass is 19.1. The zero-order valence-electron chi connectivity index (χ0n) is 13.5. The van der Waals surface area contributed by atoms with Crippen LogP contribution in [0.3, 0.4) is 0 Å². The third-order valence-electron chi connectivity index (χ3n) is 3.74. The Labute approximate surface area is 132 Å². The highest BCUT2D eigenvalue weighted by molar-refractivity contribution is 5.94. The second kappa shape index (κ2) is 11.2. The molecule has 0 unspecified atom stereocenters. The lowest BCUT2D eigenvalue weighted by molar-refractivity contribution is 0.0948. The van der Waals surface area contributed by atoms with Gasteiger partial charge in [-0.15, -0.1) is 0 Å². The van der Waals surface area contributed by atoms with Crippen molar-refractivity contribution in [3.8, 4) is 0 Å². The van der Waals surface area contributed by atoms with Gasteiger partial charge in [-0.1, -0.05) is 58.3 Å². The van der Waals surface area contributed by atoms with Gasteiger partial charge in [-0.25, -0.2) is 8.78 Å². The molecule has 0 heterocycles. The number of benzene rings is 1. The molecular formula is C18H27F2NO. The topological polar surface area (TPSA) is 29.1 Å². The minimum absolute atomic E-state index is 0.226. The lowest BCUT2D eigenvalue weighted by Gasteiger charge is -2.06. The van der Waals surface area contributed by atoms with Crippen molar-refractivity contribution in [2.45, 2.75) is 64.7 Å². The zero-order chi connectivity index (χ0) is 16.2. The number of nitrogens with one attached hydrogen (secondary N) is 1. The molecule has 0 saturated carbocycles. The molecule has 1 rings (SSSR count). The molecule has 4 heteroatoms. The molecule has 1 amide bonds. The Bertz CT molecular complexity index is 449. The van der Waals surface area contributed by atoms with Crippen molar-refractivity contribution in [1.82, 2.24) is 5.32 Å². The van der Waals surface area contributed by atoms with Crippen LogP contribution >= 0.6 is 0 Å². The van der Waals surface area contributed by atoms with Crippen LogP contribution in [0.2, 0.25) is 0 Å². The molecule has 0 atom stereocenters. The van der Waals surface area contributed by atoms with Crippen LogP contribution in [-0.4, -0.2) is 12.5 Å². The van der Waals surface area contributed by atoms with Crippen molar-refractivity contribution in [2.75, 3.05) is 6.54 Å². The van der Waals surface area contributed by atoms with Gasteiger partial charge in [0.15, 0.2) is 0 Å². The molecule has 1 aromatic rings. The van der Waals surface area contributed by atoms with Gasteiger partial charge in [0.25, 0.3) is 5.91 Å². The average Bonchev–Trinajstić information content (AvgIpc) is 2.51. The Hall–Kier alpha value is -1.45. The summed E-state index contributed by atoms with van der Waals surface area (Å²) in [5.41, 5.74) is -0.226. The standard InChI is InChI=1S/C18H27F2NO/c1-2-3-4-5-6-7-8-9-10-13-21-18(22)16-14-15(19)11-12-17(16)20/h11-12,14H,2-10,13H2,1H3,(H,21,22). The summed E-state index contributed by atoms with van der Waals surface area (Å²) in [5.74, 6) is -1.84. The fourth-order valence-electron chi connectivity index (χ4n) is 2.40. The first-order chi connectivity index (χ1) is 10.6. The molecule has 0 spiro atoms. The van der Waals surface area contributed by atoms with Crippen LogP contribution in [0.1, 0.15) is 75.1 Å². The lowest BCUT2D eigenvalue weighted by atomic mass is 10.1. The summed E-state index contributed by atoms with van der Waals surface area (Å²) in [6.07, 6.45) is 10.8. The van der Waals surface area contributed by atoms with Crippen LogP contribution in [0.25, 0.3) is 0 Å². The van der Waals surface area contributed by atoms with Crippen molar-refractivity contribution in [3.05, 3.63) is 35.4 Å². The smallest absolute Gasteiger partial charge is 0.254 e. The molecule has 0 bridgehead atoms. The highest BCUT2D eigenvalue weighted by Crippen LogP contribution is 2.11. The maximum atomic E-state index is 13.4. The minimum Gasteiger partial charge on any atom is -0.352 e. The van der Waals surface area contributed by atoms with Gasteiger partial charge in [0.05, 0.1) is 5.56 Å². The fourth-order valence-corrected chi connectivity index (χ4v) is 2.40. The Kier molecular flexibility index (Phi) is 9.44. The maximum Gasteiger partial charge on any atom is 0.254 e. The summed E-state index contributed by atoms with van der Waals surface area (Å²) < 4.78 is 26.4. The van der Waals surface area contributed by atoms with Gasteiger partial charge in [0.2, 0.25) is 0 Å². The molecule has 124 valence electrons. The highest BCUT2D eigenvalue weighted by Gasteiger charge is 2.11. The largest absolute Gasteiger partial charge is 0.352 e. The summed E-state index contributed by atoms with van der Waals surface area (Å²) in [5, 5.41) is 2.64. The Morgan fingerprint density at radius 3 is 2.18 bits per heavy atom. The van der Waals surface area contributed by atoms with Crippen LogP contribution in [0.5, 0.6) is 0 Å². The Balaban J connectivity index is 2.07. The number of rotatable bonds is 11. The van der Waals surface area contributed by atoms with Crippen LogP contribution in [0.15, 0.2) is 18.2 Å². The van der Waals surface area contributed by atoms with Crippen LogP contribution in [-0.2, 0) is 0 Å². The first kappa shape index (κ1) is 18.6. The number of hydrogen-bond acceptors (Lipinski definition) is 1. The third kappa shape index (κ3) is 7.53. The van der Waals surface area contributed by atoms with Crippen molar-refractivity contribution in [3.63, 3.8) is 0 Å². The average molecular weight is 311 g/mol. The second-order valence-electron chi connectivity index (χ2n) is 5.71. The van der Waals surface area contributed by atoms with E-state index >= 15 is 0 Å². The molecule has 2 nitrogen and oxygen atoms in total. The first-order valence-electron chi connectivity index (χ1n) is 8.38. The number of hydrogen-bond donors (Lipinski definition) is 1. The normalized spacial score (nSPS) is 10.7. The van der Waals surface area contributed by atoms with E-state index in [-0.39, 0.29) is 5.56 Å². The van der Waals surface area contributed by atoms with Crippen LogP contribution < -0.4 is 5.32 Å². The molecule has 0 fully saturated rings. The summed E-state index contributed by atoms with van der Waals surface area (Å²) in [6.45, 7) is 2.72. The third-order valence-corrected chi connectivity index (χ3v) is 3.74. The van der Waals surface area contributed by atoms with E-state index in [4.69, 9.17) is 0 Å². The van der Waals surface area contributed by atoms with E-state index in [1.165, 1.54) is 38.5 Å². The number of carbonyl (C=O) groups excluding carboxylic acids is 1. The van der Waals surface area contributed by atoms with Crippen molar-refractivity contribution in [2.24, 2.45) is 0 Å². The SMILES string of the molecule is CCCCCCCCCCCNC(=O)c1cc(F)ccc1F. The van der Waals surface area contributed by atoms with Gasteiger partial charge in [-0.05, 0) is 24.6 Å². The maximum absolute atomic E-state index is 13.4. The molecular weight excluding hydrogens is 284 g/mol. The van der Waals surface area contributed by atoms with E-state index in [1.807, 2.05) is 0 Å². The van der Waals surface area contributed by atoms with E-state index in [2.05, 4.69) is 12.2 Å². The van der Waals surface area contributed by atoms with E-state index in [0.717, 1.165) is 37.5 Å². The molecule has 1 aromatic carbocycles. The predicted molar refractivity (Wildman–Crippen MR) is 85.9 cm³/mol. The Morgan fingerprint density at radius 2 is 1.55 bits per heavy atom. The van der Waals surface area contributed by atoms with Crippen LogP contribution in [0, 0.1) is 11.6 Å². The number of carbonyl (C=O) groups is 1. The zero-order valence-corrected chi connectivity index (χ0v) is 13.5. The Morgan fingerprint density at radius 1 is 0.955 bits per heavy atom. The van der Waals surface area contributed by atoms with Crippen molar-refractivity contribution < 1.29 is 13.6 Å². The molecule has 0 aliphatic carbocycles. The monoisotopic (exact) mass is 311 g/mol. The molecule has 0 saturated heterocycles. The van der Waals surface area contributed by atoms with E-state index < -0.39 is 17.5 Å².